The fourth-order valence-corrected chi connectivity index (χ4v) is 2.12. The minimum atomic E-state index is 0.284. The van der Waals surface area contributed by atoms with E-state index in [0.717, 1.165) is 45.1 Å². The van der Waals surface area contributed by atoms with Crippen LogP contribution in [0, 0.1) is 5.41 Å². The van der Waals surface area contributed by atoms with Gasteiger partial charge in [-0.2, -0.15) is 0 Å². The van der Waals surface area contributed by atoms with Crippen molar-refractivity contribution < 1.29 is 0 Å². The number of aromatic nitrogens is 2. The van der Waals surface area contributed by atoms with E-state index in [-0.39, 0.29) is 5.84 Å². The van der Waals surface area contributed by atoms with E-state index in [1.54, 1.807) is 12.4 Å². The van der Waals surface area contributed by atoms with Crippen LogP contribution in [0.2, 0.25) is 0 Å². The molecule has 0 saturated carbocycles. The molecule has 1 aromatic heterocycles. The molecule has 6 nitrogen and oxygen atoms in total. The molecule has 1 saturated heterocycles. The van der Waals surface area contributed by atoms with Gasteiger partial charge in [0.2, 0.25) is 5.95 Å². The zero-order valence-corrected chi connectivity index (χ0v) is 10.5. The van der Waals surface area contributed by atoms with Gasteiger partial charge in [0, 0.05) is 45.0 Å². The van der Waals surface area contributed by atoms with E-state index in [2.05, 4.69) is 19.8 Å². The number of hydrogen-bond acceptors (Lipinski definition) is 5. The van der Waals surface area contributed by atoms with E-state index in [1.165, 1.54) is 0 Å². The first kappa shape index (κ1) is 12.8. The average Bonchev–Trinajstić information content (AvgIpc) is 2.40. The highest BCUT2D eigenvalue weighted by Crippen LogP contribution is 2.09. The van der Waals surface area contributed by atoms with Crippen LogP contribution in [0.1, 0.15) is 12.8 Å². The van der Waals surface area contributed by atoms with Gasteiger partial charge in [0.1, 0.15) is 0 Å². The third-order valence-electron chi connectivity index (χ3n) is 3.13. The lowest BCUT2D eigenvalue weighted by atomic mass is 10.2. The third-order valence-corrected chi connectivity index (χ3v) is 3.13. The molecular weight excluding hydrogens is 228 g/mol. The third kappa shape index (κ3) is 3.66. The number of amidine groups is 1. The lowest BCUT2D eigenvalue weighted by Gasteiger charge is -2.34. The van der Waals surface area contributed by atoms with Gasteiger partial charge >= 0.3 is 0 Å². The number of rotatable bonds is 5. The maximum atomic E-state index is 7.19. The summed E-state index contributed by atoms with van der Waals surface area (Å²) in [6, 6.07) is 1.83. The molecule has 0 bridgehead atoms. The van der Waals surface area contributed by atoms with Crippen LogP contribution in [-0.2, 0) is 0 Å². The van der Waals surface area contributed by atoms with Crippen molar-refractivity contribution in [2.75, 3.05) is 37.6 Å². The largest absolute Gasteiger partial charge is 0.388 e. The molecule has 0 atom stereocenters. The zero-order valence-electron chi connectivity index (χ0n) is 10.5. The fourth-order valence-electron chi connectivity index (χ4n) is 2.12. The Hall–Kier alpha value is -1.69. The molecule has 0 aliphatic carbocycles. The predicted octanol–water partition coefficient (Wildman–Crippen LogP) is 0.315. The van der Waals surface area contributed by atoms with Crippen molar-refractivity contribution in [2.45, 2.75) is 12.8 Å². The van der Waals surface area contributed by atoms with Crippen LogP contribution in [0.25, 0.3) is 0 Å². The van der Waals surface area contributed by atoms with Gasteiger partial charge < -0.3 is 10.6 Å². The van der Waals surface area contributed by atoms with E-state index in [1.807, 2.05) is 6.07 Å². The van der Waals surface area contributed by atoms with Gasteiger partial charge in [-0.1, -0.05) is 0 Å². The average molecular weight is 248 g/mol. The molecule has 0 spiro atoms. The van der Waals surface area contributed by atoms with Gasteiger partial charge in [0.05, 0.1) is 5.84 Å². The summed E-state index contributed by atoms with van der Waals surface area (Å²) in [5, 5.41) is 7.19. The molecule has 0 aromatic carbocycles. The first-order valence-electron chi connectivity index (χ1n) is 6.33. The van der Waals surface area contributed by atoms with E-state index in [0.29, 0.717) is 6.42 Å². The first-order chi connectivity index (χ1) is 8.75. The Balaban J connectivity index is 1.73. The smallest absolute Gasteiger partial charge is 0.225 e. The van der Waals surface area contributed by atoms with E-state index >= 15 is 0 Å². The minimum absolute atomic E-state index is 0.284. The second-order valence-electron chi connectivity index (χ2n) is 4.51. The molecule has 0 unspecified atom stereocenters. The molecule has 2 heterocycles. The quantitative estimate of drug-likeness (QED) is 0.579. The Bertz CT molecular complexity index is 371. The molecule has 3 N–H and O–H groups in total. The molecule has 1 fully saturated rings. The number of piperazine rings is 1. The number of hydrogen-bond donors (Lipinski definition) is 2. The molecule has 98 valence electrons. The van der Waals surface area contributed by atoms with Gasteiger partial charge in [-0.05, 0) is 19.0 Å². The van der Waals surface area contributed by atoms with Crippen LogP contribution in [0.3, 0.4) is 0 Å². The van der Waals surface area contributed by atoms with Gasteiger partial charge in [-0.25, -0.2) is 9.97 Å². The lowest BCUT2D eigenvalue weighted by Crippen LogP contribution is -2.47. The summed E-state index contributed by atoms with van der Waals surface area (Å²) in [6.45, 7) is 4.99. The van der Waals surface area contributed by atoms with Gasteiger partial charge in [-0.3, -0.25) is 10.3 Å². The summed E-state index contributed by atoms with van der Waals surface area (Å²) in [5.74, 6) is 1.10. The van der Waals surface area contributed by atoms with Crippen molar-refractivity contribution in [1.29, 1.82) is 5.41 Å². The maximum Gasteiger partial charge on any atom is 0.225 e. The Morgan fingerprint density at radius 2 is 1.89 bits per heavy atom. The molecule has 1 aromatic rings. The normalized spacial score (nSPS) is 16.8. The molecule has 18 heavy (non-hydrogen) atoms. The summed E-state index contributed by atoms with van der Waals surface area (Å²) < 4.78 is 0. The molecule has 1 aliphatic heterocycles. The standard InChI is InChI=1S/C12H20N6/c13-11(14)3-1-6-17-7-9-18(10-8-17)12-15-4-2-5-16-12/h2,4-5H,1,3,6-10H2,(H3,13,14). The van der Waals surface area contributed by atoms with Gasteiger partial charge in [0.15, 0.2) is 0 Å². The van der Waals surface area contributed by atoms with Crippen molar-refractivity contribution >= 4 is 11.8 Å². The maximum absolute atomic E-state index is 7.19. The van der Waals surface area contributed by atoms with Gasteiger partial charge in [-0.15, -0.1) is 0 Å². The monoisotopic (exact) mass is 248 g/mol. The van der Waals surface area contributed by atoms with Crippen LogP contribution in [0.5, 0.6) is 0 Å². The van der Waals surface area contributed by atoms with Crippen molar-refractivity contribution in [3.63, 3.8) is 0 Å². The summed E-state index contributed by atoms with van der Waals surface area (Å²) in [6.07, 6.45) is 5.22. The molecule has 2 rings (SSSR count). The second-order valence-corrected chi connectivity index (χ2v) is 4.51. The second kappa shape index (κ2) is 6.30. The molecule has 1 aliphatic rings. The summed E-state index contributed by atoms with van der Waals surface area (Å²) in [7, 11) is 0. The Kier molecular flexibility index (Phi) is 4.46. The van der Waals surface area contributed by atoms with E-state index in [4.69, 9.17) is 11.1 Å². The van der Waals surface area contributed by atoms with Crippen LogP contribution in [0.15, 0.2) is 18.5 Å². The van der Waals surface area contributed by atoms with Crippen molar-refractivity contribution in [3.8, 4) is 0 Å². The zero-order chi connectivity index (χ0) is 12.8. The Morgan fingerprint density at radius 3 is 2.50 bits per heavy atom. The topological polar surface area (TPSA) is 82.1 Å². The molecular formula is C12H20N6. The number of nitrogens with one attached hydrogen (secondary N) is 1. The number of nitrogens with two attached hydrogens (primary N) is 1. The van der Waals surface area contributed by atoms with Crippen molar-refractivity contribution in [1.82, 2.24) is 14.9 Å². The van der Waals surface area contributed by atoms with Crippen molar-refractivity contribution in [3.05, 3.63) is 18.5 Å². The SMILES string of the molecule is N=C(N)CCCN1CCN(c2ncccn2)CC1. The lowest BCUT2D eigenvalue weighted by molar-refractivity contribution is 0.255. The molecule has 0 radical (unpaired) electrons. The van der Waals surface area contributed by atoms with Gasteiger partial charge in [0.25, 0.3) is 0 Å². The van der Waals surface area contributed by atoms with Crippen LogP contribution < -0.4 is 10.6 Å². The van der Waals surface area contributed by atoms with Crippen LogP contribution in [0.4, 0.5) is 5.95 Å². The Labute approximate surface area is 107 Å². The predicted molar refractivity (Wildman–Crippen MR) is 71.8 cm³/mol. The van der Waals surface area contributed by atoms with Crippen molar-refractivity contribution in [2.24, 2.45) is 5.73 Å². The molecule has 6 heteroatoms. The number of anilines is 1. The summed E-state index contributed by atoms with van der Waals surface area (Å²) >= 11 is 0. The Morgan fingerprint density at radius 1 is 1.22 bits per heavy atom. The highest BCUT2D eigenvalue weighted by molar-refractivity contribution is 5.76. The fraction of sp³-hybridized carbons (Fsp3) is 0.583. The van der Waals surface area contributed by atoms with Crippen LogP contribution >= 0.6 is 0 Å². The highest BCUT2D eigenvalue weighted by atomic mass is 15.3. The summed E-state index contributed by atoms with van der Waals surface area (Å²) in [4.78, 5) is 13.1. The summed E-state index contributed by atoms with van der Waals surface area (Å²) in [5.41, 5.74) is 5.35. The molecule has 0 amide bonds. The number of nitrogens with zero attached hydrogens (tertiary/aromatic N) is 4. The highest BCUT2D eigenvalue weighted by Gasteiger charge is 2.17. The van der Waals surface area contributed by atoms with E-state index < -0.39 is 0 Å². The van der Waals surface area contributed by atoms with E-state index in [9.17, 15) is 0 Å². The van der Waals surface area contributed by atoms with Crippen LogP contribution in [-0.4, -0.2) is 53.4 Å². The first-order valence-corrected chi connectivity index (χ1v) is 6.33. The minimum Gasteiger partial charge on any atom is -0.388 e.